The van der Waals surface area contributed by atoms with Gasteiger partial charge in [-0.1, -0.05) is 5.21 Å². The van der Waals surface area contributed by atoms with Crippen LogP contribution in [-0.4, -0.2) is 50.6 Å². The smallest absolute Gasteiger partial charge is 0.141 e. The Morgan fingerprint density at radius 2 is 2.12 bits per heavy atom. The van der Waals surface area contributed by atoms with Crippen molar-refractivity contribution < 1.29 is 4.74 Å². The molecule has 2 N–H and O–H groups in total. The van der Waals surface area contributed by atoms with Crippen LogP contribution in [0.15, 0.2) is 18.6 Å². The van der Waals surface area contributed by atoms with Crippen LogP contribution in [-0.2, 0) is 4.74 Å². The van der Waals surface area contributed by atoms with Gasteiger partial charge in [-0.15, -0.1) is 5.10 Å². The lowest BCUT2D eigenvalue weighted by Gasteiger charge is -2.28. The molecule has 0 amide bonds. The van der Waals surface area contributed by atoms with Gasteiger partial charge in [0.1, 0.15) is 17.5 Å². The molecule has 1 unspecified atom stereocenters. The topological polar surface area (TPSA) is 80.1 Å². The molecule has 138 valence electrons. The molecule has 7 heteroatoms. The average molecular weight is 354 g/mol. The molecule has 3 aromatic heterocycles. The maximum atomic E-state index is 5.69. The van der Waals surface area contributed by atoms with E-state index in [-0.39, 0.29) is 0 Å². The molecule has 4 heterocycles. The summed E-state index contributed by atoms with van der Waals surface area (Å²) < 4.78 is 7.51. The molecule has 3 aromatic rings. The number of ether oxygens (including phenoxy) is 1. The maximum absolute atomic E-state index is 5.69. The summed E-state index contributed by atoms with van der Waals surface area (Å²) in [5.74, 6) is 1.27. The van der Waals surface area contributed by atoms with Crippen LogP contribution in [0, 0.1) is 5.92 Å². The molecule has 0 spiro atoms. The van der Waals surface area contributed by atoms with E-state index in [0.717, 1.165) is 47.9 Å². The first-order valence-corrected chi connectivity index (χ1v) is 9.88. The van der Waals surface area contributed by atoms with E-state index in [0.29, 0.717) is 12.0 Å². The number of rotatable bonds is 5. The van der Waals surface area contributed by atoms with Crippen molar-refractivity contribution in [2.45, 2.75) is 50.5 Å². The molecule has 1 aliphatic heterocycles. The van der Waals surface area contributed by atoms with Crippen LogP contribution in [0.3, 0.4) is 0 Å². The molecule has 1 saturated heterocycles. The number of aromatic amines is 1. The van der Waals surface area contributed by atoms with E-state index < -0.39 is 0 Å². The molecule has 1 atom stereocenters. The minimum atomic E-state index is 0.437. The first-order chi connectivity index (χ1) is 12.9. The van der Waals surface area contributed by atoms with E-state index in [1.165, 1.54) is 38.5 Å². The van der Waals surface area contributed by atoms with Crippen molar-refractivity contribution in [1.82, 2.24) is 30.1 Å². The Hall–Kier alpha value is -1.99. The quantitative estimate of drug-likeness (QED) is 0.736. The van der Waals surface area contributed by atoms with Gasteiger partial charge in [-0.25, -0.2) is 9.50 Å². The van der Waals surface area contributed by atoms with Crippen molar-refractivity contribution in [3.05, 3.63) is 24.3 Å². The number of nitrogens with one attached hydrogen (secondary N) is 2. The summed E-state index contributed by atoms with van der Waals surface area (Å²) in [6.45, 7) is 3.06. The van der Waals surface area contributed by atoms with Crippen LogP contribution in [0.25, 0.3) is 16.6 Å². The SMILES string of the molecule is c1cc2c(ncn3nnc(C4CCC(CNCC5CCCO5)CC4)c23)[nH]1. The summed E-state index contributed by atoms with van der Waals surface area (Å²) in [7, 11) is 0. The van der Waals surface area contributed by atoms with Gasteiger partial charge in [0.05, 0.1) is 11.8 Å². The number of hydrogen-bond donors (Lipinski definition) is 2. The van der Waals surface area contributed by atoms with Gasteiger partial charge in [0, 0.05) is 30.7 Å². The van der Waals surface area contributed by atoms with Crippen molar-refractivity contribution in [2.75, 3.05) is 19.7 Å². The van der Waals surface area contributed by atoms with E-state index in [2.05, 4.69) is 31.7 Å². The molecule has 5 rings (SSSR count). The van der Waals surface area contributed by atoms with Gasteiger partial charge in [-0.05, 0) is 57.1 Å². The second-order valence-corrected chi connectivity index (χ2v) is 7.76. The highest BCUT2D eigenvalue weighted by Crippen LogP contribution is 2.37. The Morgan fingerprint density at radius 3 is 2.96 bits per heavy atom. The summed E-state index contributed by atoms with van der Waals surface area (Å²) in [5, 5.41) is 13.6. The normalized spacial score (nSPS) is 26.8. The lowest BCUT2D eigenvalue weighted by Crippen LogP contribution is -2.32. The highest BCUT2D eigenvalue weighted by atomic mass is 16.5. The van der Waals surface area contributed by atoms with E-state index in [9.17, 15) is 0 Å². The van der Waals surface area contributed by atoms with Crippen LogP contribution in [0.1, 0.15) is 50.1 Å². The summed E-state index contributed by atoms with van der Waals surface area (Å²) in [4.78, 5) is 7.58. The molecule has 2 aliphatic rings. The fourth-order valence-corrected chi connectivity index (χ4v) is 4.59. The van der Waals surface area contributed by atoms with Crippen LogP contribution >= 0.6 is 0 Å². The summed E-state index contributed by atoms with van der Waals surface area (Å²) >= 11 is 0. The number of nitrogens with zero attached hydrogens (tertiary/aromatic N) is 4. The van der Waals surface area contributed by atoms with Crippen LogP contribution in [0.4, 0.5) is 0 Å². The van der Waals surface area contributed by atoms with Crippen molar-refractivity contribution in [1.29, 1.82) is 0 Å². The molecular formula is C19H26N6O. The number of hydrogen-bond acceptors (Lipinski definition) is 5. The van der Waals surface area contributed by atoms with Gasteiger partial charge < -0.3 is 15.0 Å². The monoisotopic (exact) mass is 354 g/mol. The van der Waals surface area contributed by atoms with Gasteiger partial charge in [0.15, 0.2) is 0 Å². The number of aromatic nitrogens is 5. The lowest BCUT2D eigenvalue weighted by molar-refractivity contribution is 0.108. The fraction of sp³-hybridized carbons (Fsp3) is 0.632. The zero-order valence-electron chi connectivity index (χ0n) is 15.0. The average Bonchev–Trinajstić information content (AvgIpc) is 3.41. The Morgan fingerprint density at radius 1 is 1.19 bits per heavy atom. The van der Waals surface area contributed by atoms with Gasteiger partial charge in [-0.2, -0.15) is 0 Å². The zero-order valence-corrected chi connectivity index (χ0v) is 15.0. The molecule has 1 aliphatic carbocycles. The summed E-state index contributed by atoms with van der Waals surface area (Å²) in [6, 6.07) is 2.07. The predicted octanol–water partition coefficient (Wildman–Crippen LogP) is 2.65. The van der Waals surface area contributed by atoms with E-state index in [1.807, 2.05) is 10.7 Å². The third kappa shape index (κ3) is 2.99. The molecule has 1 saturated carbocycles. The number of fused-ring (bicyclic) bond motifs is 3. The molecule has 0 radical (unpaired) electrons. The second kappa shape index (κ2) is 6.96. The van der Waals surface area contributed by atoms with E-state index in [4.69, 9.17) is 4.74 Å². The molecule has 0 bridgehead atoms. The third-order valence-corrected chi connectivity index (χ3v) is 6.06. The van der Waals surface area contributed by atoms with Crippen LogP contribution in [0.5, 0.6) is 0 Å². The Bertz CT molecular complexity index is 873. The largest absolute Gasteiger partial charge is 0.377 e. The van der Waals surface area contributed by atoms with Gasteiger partial charge in [-0.3, -0.25) is 0 Å². The predicted molar refractivity (Wildman–Crippen MR) is 99.2 cm³/mol. The zero-order chi connectivity index (χ0) is 17.3. The van der Waals surface area contributed by atoms with Crippen molar-refractivity contribution in [3.8, 4) is 0 Å². The Labute approximate surface area is 152 Å². The summed E-state index contributed by atoms with van der Waals surface area (Å²) in [6.07, 6.45) is 11.4. The highest BCUT2D eigenvalue weighted by molar-refractivity contribution is 5.92. The van der Waals surface area contributed by atoms with E-state index in [1.54, 1.807) is 6.33 Å². The first-order valence-electron chi connectivity index (χ1n) is 9.88. The van der Waals surface area contributed by atoms with Gasteiger partial charge >= 0.3 is 0 Å². The minimum Gasteiger partial charge on any atom is -0.377 e. The Balaban J connectivity index is 1.23. The number of H-pyrrole nitrogens is 1. The van der Waals surface area contributed by atoms with Crippen molar-refractivity contribution in [3.63, 3.8) is 0 Å². The molecule has 7 nitrogen and oxygen atoms in total. The van der Waals surface area contributed by atoms with Gasteiger partial charge in [0.2, 0.25) is 0 Å². The molecule has 26 heavy (non-hydrogen) atoms. The summed E-state index contributed by atoms with van der Waals surface area (Å²) in [5.41, 5.74) is 3.17. The molecule has 2 fully saturated rings. The van der Waals surface area contributed by atoms with Gasteiger partial charge in [0.25, 0.3) is 0 Å². The fourth-order valence-electron chi connectivity index (χ4n) is 4.59. The van der Waals surface area contributed by atoms with Crippen molar-refractivity contribution >= 4 is 16.6 Å². The minimum absolute atomic E-state index is 0.437. The van der Waals surface area contributed by atoms with Crippen LogP contribution in [0.2, 0.25) is 0 Å². The standard InChI is InChI=1S/C19H26N6O/c1-2-15(26-9-1)11-20-10-13-3-5-14(6-4-13)17-18-16-7-8-21-19(16)22-12-25(18)24-23-17/h7-8,12-15,20-21H,1-6,9-11H2. The maximum Gasteiger partial charge on any atom is 0.141 e. The van der Waals surface area contributed by atoms with E-state index >= 15 is 0 Å². The molecular weight excluding hydrogens is 328 g/mol. The van der Waals surface area contributed by atoms with Crippen LogP contribution < -0.4 is 5.32 Å². The lowest BCUT2D eigenvalue weighted by atomic mass is 9.80. The van der Waals surface area contributed by atoms with Crippen molar-refractivity contribution in [2.24, 2.45) is 5.92 Å². The second-order valence-electron chi connectivity index (χ2n) is 7.76. The first kappa shape index (κ1) is 16.2. The highest BCUT2D eigenvalue weighted by Gasteiger charge is 2.27. The third-order valence-electron chi connectivity index (χ3n) is 6.06. The molecule has 0 aromatic carbocycles. The Kier molecular flexibility index (Phi) is 4.34.